The lowest BCUT2D eigenvalue weighted by atomic mass is 10.2. The van der Waals surface area contributed by atoms with Crippen LogP contribution in [-0.2, 0) is 11.3 Å². The number of halogens is 2. The third-order valence-corrected chi connectivity index (χ3v) is 4.02. The molecule has 0 radical (unpaired) electrons. The quantitative estimate of drug-likeness (QED) is 0.654. The minimum Gasteiger partial charge on any atom is -0.443 e. The van der Waals surface area contributed by atoms with E-state index in [1.54, 1.807) is 29.1 Å². The van der Waals surface area contributed by atoms with Crippen molar-refractivity contribution in [2.45, 2.75) is 6.61 Å². The van der Waals surface area contributed by atoms with Crippen molar-refractivity contribution < 1.29 is 13.9 Å². The molecule has 0 aliphatic rings. The van der Waals surface area contributed by atoms with Crippen LogP contribution in [0.2, 0.25) is 5.15 Å². The van der Waals surface area contributed by atoms with Gasteiger partial charge in [0.1, 0.15) is 23.3 Å². The molecule has 0 aliphatic carbocycles. The number of alkyl carbamates (subject to hydrolysis) is 1. The Bertz CT molecular complexity index is 943. The second-order valence-electron chi connectivity index (χ2n) is 6.17. The van der Waals surface area contributed by atoms with Gasteiger partial charge in [0.2, 0.25) is 0 Å². The number of carbonyl (C=O) groups is 1. The fourth-order valence-corrected chi connectivity index (χ4v) is 2.76. The molecular weight excluding hydrogens is 373 g/mol. The largest absolute Gasteiger partial charge is 0.443 e. The highest BCUT2D eigenvalue weighted by Gasteiger charge is 2.15. The maximum atomic E-state index is 13.2. The van der Waals surface area contributed by atoms with E-state index in [-0.39, 0.29) is 17.6 Å². The highest BCUT2D eigenvalue weighted by atomic mass is 35.5. The van der Waals surface area contributed by atoms with E-state index in [2.05, 4.69) is 15.4 Å². The second kappa shape index (κ2) is 8.32. The van der Waals surface area contributed by atoms with Gasteiger partial charge in [-0.1, -0.05) is 11.6 Å². The Balaban J connectivity index is 1.83. The molecule has 142 valence electrons. The molecule has 2 aromatic heterocycles. The Morgan fingerprint density at radius 1 is 1.33 bits per heavy atom. The molecule has 0 atom stereocenters. The van der Waals surface area contributed by atoms with E-state index in [0.717, 1.165) is 5.39 Å². The zero-order valence-corrected chi connectivity index (χ0v) is 15.7. The number of hydrogen-bond donors (Lipinski definition) is 1. The maximum absolute atomic E-state index is 13.2. The highest BCUT2D eigenvalue weighted by molar-refractivity contribution is 6.30. The Morgan fingerprint density at radius 3 is 2.78 bits per heavy atom. The maximum Gasteiger partial charge on any atom is 0.407 e. The molecule has 0 aliphatic heterocycles. The molecule has 27 heavy (non-hydrogen) atoms. The number of aromatic nitrogens is 3. The Hall–Kier alpha value is -2.71. The van der Waals surface area contributed by atoms with E-state index in [9.17, 15) is 9.18 Å². The van der Waals surface area contributed by atoms with Crippen LogP contribution >= 0.6 is 11.6 Å². The first-order valence-electron chi connectivity index (χ1n) is 8.28. The summed E-state index contributed by atoms with van der Waals surface area (Å²) in [4.78, 5) is 18.1. The van der Waals surface area contributed by atoms with Crippen molar-refractivity contribution in [2.75, 3.05) is 27.2 Å². The van der Waals surface area contributed by atoms with Crippen LogP contribution in [0.25, 0.3) is 16.6 Å². The number of carbonyl (C=O) groups excluding carboxylic acids is 1. The Kier molecular flexibility index (Phi) is 5.88. The third kappa shape index (κ3) is 4.72. The second-order valence-corrected chi connectivity index (χ2v) is 6.56. The van der Waals surface area contributed by atoms with Crippen LogP contribution in [0.3, 0.4) is 0 Å². The van der Waals surface area contributed by atoms with E-state index in [1.165, 1.54) is 12.1 Å². The van der Waals surface area contributed by atoms with Crippen molar-refractivity contribution in [2.24, 2.45) is 0 Å². The number of nitrogens with one attached hydrogen (secondary N) is 1. The van der Waals surface area contributed by atoms with Gasteiger partial charge in [-0.2, -0.15) is 5.10 Å². The number of hydrogen-bond acceptors (Lipinski definition) is 5. The van der Waals surface area contributed by atoms with E-state index in [1.807, 2.05) is 19.0 Å². The van der Waals surface area contributed by atoms with Crippen LogP contribution in [0.15, 0.2) is 36.5 Å². The molecule has 3 aromatic rings. The fourth-order valence-electron chi connectivity index (χ4n) is 2.54. The molecule has 2 heterocycles. The van der Waals surface area contributed by atoms with Crippen molar-refractivity contribution in [1.82, 2.24) is 25.0 Å². The standard InChI is InChI=1S/C18H19ClFN5O2/c1-24(2)8-7-21-18(26)27-11-15-17-12(9-16(19)23-15)10-22-25(17)14-5-3-13(20)4-6-14/h3-6,9-10H,7-8,11H2,1-2H3,(H,21,26). The summed E-state index contributed by atoms with van der Waals surface area (Å²) in [5, 5.41) is 8.01. The smallest absolute Gasteiger partial charge is 0.407 e. The zero-order chi connectivity index (χ0) is 19.4. The number of fused-ring (bicyclic) bond motifs is 1. The summed E-state index contributed by atoms with van der Waals surface area (Å²) in [7, 11) is 3.83. The number of rotatable bonds is 6. The van der Waals surface area contributed by atoms with E-state index in [4.69, 9.17) is 16.3 Å². The first-order chi connectivity index (χ1) is 12.9. The molecule has 0 unspecified atom stereocenters. The number of pyridine rings is 1. The predicted octanol–water partition coefficient (Wildman–Crippen LogP) is 3.00. The molecule has 1 aromatic carbocycles. The molecule has 0 bridgehead atoms. The van der Waals surface area contributed by atoms with Crippen molar-refractivity contribution >= 4 is 28.6 Å². The van der Waals surface area contributed by atoms with E-state index < -0.39 is 6.09 Å². The van der Waals surface area contributed by atoms with Crippen LogP contribution in [0.4, 0.5) is 9.18 Å². The van der Waals surface area contributed by atoms with Crippen molar-refractivity contribution in [3.8, 4) is 5.69 Å². The van der Waals surface area contributed by atoms with Crippen LogP contribution in [-0.4, -0.2) is 52.9 Å². The summed E-state index contributed by atoms with van der Waals surface area (Å²) in [6, 6.07) is 7.58. The van der Waals surface area contributed by atoms with Crippen LogP contribution < -0.4 is 5.32 Å². The summed E-state index contributed by atoms with van der Waals surface area (Å²) < 4.78 is 20.1. The molecular formula is C18H19ClFN5O2. The molecule has 3 rings (SSSR count). The Morgan fingerprint density at radius 2 is 2.07 bits per heavy atom. The average molecular weight is 392 g/mol. The monoisotopic (exact) mass is 391 g/mol. The van der Waals surface area contributed by atoms with Gasteiger partial charge >= 0.3 is 6.09 Å². The topological polar surface area (TPSA) is 72.3 Å². The predicted molar refractivity (Wildman–Crippen MR) is 101 cm³/mol. The van der Waals surface area contributed by atoms with Gasteiger partial charge in [-0.3, -0.25) is 0 Å². The fraction of sp³-hybridized carbons (Fsp3) is 0.278. The van der Waals surface area contributed by atoms with Crippen LogP contribution in [0.5, 0.6) is 0 Å². The van der Waals surface area contributed by atoms with Gasteiger partial charge in [0, 0.05) is 18.5 Å². The SMILES string of the molecule is CN(C)CCNC(=O)OCc1nc(Cl)cc2cnn(-c3ccc(F)cc3)c12. The zero-order valence-electron chi connectivity index (χ0n) is 14.9. The minimum absolute atomic E-state index is 0.0717. The summed E-state index contributed by atoms with van der Waals surface area (Å²) in [5.41, 5.74) is 1.77. The van der Waals surface area contributed by atoms with Gasteiger partial charge in [0.25, 0.3) is 0 Å². The van der Waals surface area contributed by atoms with Crippen LogP contribution in [0, 0.1) is 5.82 Å². The minimum atomic E-state index is -0.542. The summed E-state index contributed by atoms with van der Waals surface area (Å²) in [5.74, 6) is -0.339. The molecule has 1 N–H and O–H groups in total. The number of nitrogens with zero attached hydrogens (tertiary/aromatic N) is 4. The third-order valence-electron chi connectivity index (χ3n) is 3.83. The van der Waals surface area contributed by atoms with Gasteiger partial charge in [-0.05, 0) is 44.4 Å². The molecule has 0 fully saturated rings. The van der Waals surface area contributed by atoms with Gasteiger partial charge in [0.05, 0.1) is 17.4 Å². The van der Waals surface area contributed by atoms with Crippen molar-refractivity contribution in [3.05, 3.63) is 53.2 Å². The molecule has 0 spiro atoms. The molecule has 1 amide bonds. The highest BCUT2D eigenvalue weighted by Crippen LogP contribution is 2.24. The van der Waals surface area contributed by atoms with Gasteiger partial charge in [-0.15, -0.1) is 0 Å². The molecule has 0 saturated heterocycles. The number of ether oxygens (including phenoxy) is 1. The number of benzene rings is 1. The lowest BCUT2D eigenvalue weighted by molar-refractivity contribution is 0.138. The van der Waals surface area contributed by atoms with Gasteiger partial charge in [-0.25, -0.2) is 18.9 Å². The summed E-state index contributed by atoms with van der Waals surface area (Å²) >= 11 is 6.07. The summed E-state index contributed by atoms with van der Waals surface area (Å²) in [6.07, 6.45) is 1.09. The summed E-state index contributed by atoms with van der Waals surface area (Å²) in [6.45, 7) is 1.10. The number of amides is 1. The van der Waals surface area contributed by atoms with Crippen molar-refractivity contribution in [3.63, 3.8) is 0 Å². The molecule has 0 saturated carbocycles. The van der Waals surface area contributed by atoms with Crippen molar-refractivity contribution in [1.29, 1.82) is 0 Å². The lowest BCUT2D eigenvalue weighted by Gasteiger charge is -2.12. The molecule has 7 nitrogen and oxygen atoms in total. The van der Waals surface area contributed by atoms with Crippen LogP contribution in [0.1, 0.15) is 5.69 Å². The van der Waals surface area contributed by atoms with Gasteiger partial charge in [0.15, 0.2) is 0 Å². The first-order valence-corrected chi connectivity index (χ1v) is 8.66. The molecule has 9 heteroatoms. The van der Waals surface area contributed by atoms with E-state index >= 15 is 0 Å². The first kappa shape index (κ1) is 19.1. The normalized spacial score (nSPS) is 11.1. The van der Waals surface area contributed by atoms with Gasteiger partial charge < -0.3 is 15.0 Å². The van der Waals surface area contributed by atoms with E-state index in [0.29, 0.717) is 30.0 Å². The lowest BCUT2D eigenvalue weighted by Crippen LogP contribution is -2.31. The number of likely N-dealkylation sites (N-methyl/N-ethyl adjacent to an activating group) is 1. The average Bonchev–Trinajstić information content (AvgIpc) is 3.03. The Labute approximate surface area is 160 Å².